The highest BCUT2D eigenvalue weighted by Gasteiger charge is 2.16. The van der Waals surface area contributed by atoms with Gasteiger partial charge < -0.3 is 4.42 Å². The lowest BCUT2D eigenvalue weighted by Crippen LogP contribution is -2.28. The molecule has 5 nitrogen and oxygen atoms in total. The van der Waals surface area contributed by atoms with E-state index in [1.54, 1.807) is 29.2 Å². The molecule has 4 rings (SSSR count). The van der Waals surface area contributed by atoms with Crippen molar-refractivity contribution in [3.05, 3.63) is 84.2 Å². The molecule has 0 radical (unpaired) electrons. The molecule has 0 spiro atoms. The molecule has 0 bridgehead atoms. The van der Waals surface area contributed by atoms with Crippen molar-refractivity contribution >= 4 is 16.8 Å². The highest BCUT2D eigenvalue weighted by Crippen LogP contribution is 2.25. The Labute approximate surface area is 156 Å². The summed E-state index contributed by atoms with van der Waals surface area (Å²) >= 11 is 0. The van der Waals surface area contributed by atoms with Crippen LogP contribution in [-0.4, -0.2) is 21.5 Å². The van der Waals surface area contributed by atoms with Crippen molar-refractivity contribution in [3.63, 3.8) is 0 Å². The average molecular weight is 357 g/mol. The smallest absolute Gasteiger partial charge is 0.264 e. The number of benzene rings is 1. The molecule has 0 aliphatic heterocycles. The van der Waals surface area contributed by atoms with E-state index in [2.05, 4.69) is 9.98 Å². The fourth-order valence-electron chi connectivity index (χ4n) is 3.01. The van der Waals surface area contributed by atoms with E-state index in [1.165, 1.54) is 0 Å². The topological polar surface area (TPSA) is 60.4 Å². The largest absolute Gasteiger partial charge is 0.463 e. The summed E-state index contributed by atoms with van der Waals surface area (Å²) in [5.41, 5.74) is 2.55. The lowest BCUT2D eigenvalue weighted by molar-refractivity contribution is 0.0956. The zero-order chi connectivity index (χ0) is 18.8. The van der Waals surface area contributed by atoms with Gasteiger partial charge in [0.05, 0.1) is 17.3 Å². The number of fused-ring (bicyclic) bond motifs is 1. The van der Waals surface area contributed by atoms with Crippen LogP contribution in [-0.2, 0) is 0 Å². The second-order valence-electron chi connectivity index (χ2n) is 6.51. The summed E-state index contributed by atoms with van der Waals surface area (Å²) in [5.74, 6) is 0.473. The van der Waals surface area contributed by atoms with Crippen molar-refractivity contribution < 1.29 is 9.21 Å². The second-order valence-corrected chi connectivity index (χ2v) is 6.51. The van der Waals surface area contributed by atoms with Crippen LogP contribution in [0.4, 0.5) is 0 Å². The van der Waals surface area contributed by atoms with Crippen LogP contribution in [0.2, 0.25) is 0 Å². The van der Waals surface area contributed by atoms with Gasteiger partial charge in [-0.25, -0.2) is 4.98 Å². The number of pyridine rings is 2. The SMILES string of the molecule is CC(C)N=c1ccccn1C(=O)c1cc(-c2ccco2)nc2ccccc12. The summed E-state index contributed by atoms with van der Waals surface area (Å²) in [6.07, 6.45) is 3.34. The first-order chi connectivity index (χ1) is 13.1. The van der Waals surface area contributed by atoms with Gasteiger partial charge in [0, 0.05) is 17.6 Å². The normalized spacial score (nSPS) is 12.0. The summed E-state index contributed by atoms with van der Waals surface area (Å²) < 4.78 is 7.06. The summed E-state index contributed by atoms with van der Waals surface area (Å²) in [5, 5.41) is 0.796. The van der Waals surface area contributed by atoms with Gasteiger partial charge in [-0.15, -0.1) is 0 Å². The number of hydrogen-bond donors (Lipinski definition) is 0. The van der Waals surface area contributed by atoms with Gasteiger partial charge in [0.15, 0.2) is 5.76 Å². The van der Waals surface area contributed by atoms with Crippen LogP contribution in [0.1, 0.15) is 24.2 Å². The lowest BCUT2D eigenvalue weighted by atomic mass is 10.1. The average Bonchev–Trinajstić information content (AvgIpc) is 3.21. The van der Waals surface area contributed by atoms with Crippen molar-refractivity contribution in [1.82, 2.24) is 9.55 Å². The van der Waals surface area contributed by atoms with E-state index in [0.717, 1.165) is 10.9 Å². The molecule has 0 aliphatic carbocycles. The minimum atomic E-state index is -0.151. The molecule has 3 aromatic heterocycles. The zero-order valence-electron chi connectivity index (χ0n) is 15.2. The van der Waals surface area contributed by atoms with Crippen LogP contribution >= 0.6 is 0 Å². The molecule has 0 saturated heterocycles. The maximum Gasteiger partial charge on any atom is 0.264 e. The number of nitrogens with zero attached hydrogens (tertiary/aromatic N) is 3. The van der Waals surface area contributed by atoms with Gasteiger partial charge in [0.25, 0.3) is 5.91 Å². The number of rotatable bonds is 3. The van der Waals surface area contributed by atoms with Gasteiger partial charge in [-0.3, -0.25) is 14.4 Å². The Morgan fingerprint density at radius 3 is 2.67 bits per heavy atom. The molecule has 4 aromatic rings. The van der Waals surface area contributed by atoms with Gasteiger partial charge >= 0.3 is 0 Å². The van der Waals surface area contributed by atoms with Gasteiger partial charge in [-0.2, -0.15) is 0 Å². The maximum absolute atomic E-state index is 13.4. The van der Waals surface area contributed by atoms with E-state index in [-0.39, 0.29) is 11.9 Å². The van der Waals surface area contributed by atoms with E-state index in [4.69, 9.17) is 4.42 Å². The van der Waals surface area contributed by atoms with Crippen molar-refractivity contribution in [2.45, 2.75) is 19.9 Å². The van der Waals surface area contributed by atoms with E-state index in [0.29, 0.717) is 22.5 Å². The molecular formula is C22H19N3O2. The standard InChI is InChI=1S/C22H19N3O2/c1-15(2)23-21-11-5-6-12-25(21)22(26)17-14-19(20-10-7-13-27-20)24-18-9-4-3-8-16(17)18/h3-15H,1-2H3. The number of aromatic nitrogens is 2. The first kappa shape index (κ1) is 17.0. The Kier molecular flexibility index (Phi) is 4.42. The molecule has 0 aliphatic rings. The first-order valence-electron chi connectivity index (χ1n) is 8.83. The molecular weight excluding hydrogens is 338 g/mol. The van der Waals surface area contributed by atoms with Crippen LogP contribution in [0.25, 0.3) is 22.4 Å². The molecule has 0 saturated carbocycles. The third-order valence-corrected chi connectivity index (χ3v) is 4.17. The quantitative estimate of drug-likeness (QED) is 0.549. The van der Waals surface area contributed by atoms with E-state index in [1.807, 2.05) is 62.4 Å². The summed E-state index contributed by atoms with van der Waals surface area (Å²) in [7, 11) is 0. The zero-order valence-corrected chi connectivity index (χ0v) is 15.2. The van der Waals surface area contributed by atoms with Gasteiger partial charge in [0.2, 0.25) is 0 Å². The van der Waals surface area contributed by atoms with Gasteiger partial charge in [0.1, 0.15) is 11.2 Å². The van der Waals surface area contributed by atoms with Crippen molar-refractivity contribution in [2.75, 3.05) is 0 Å². The first-order valence-corrected chi connectivity index (χ1v) is 8.83. The maximum atomic E-state index is 13.4. The number of hydrogen-bond acceptors (Lipinski definition) is 4. The van der Waals surface area contributed by atoms with Crippen LogP contribution in [0.15, 0.2) is 82.5 Å². The predicted molar refractivity (Wildman–Crippen MR) is 104 cm³/mol. The molecule has 0 unspecified atom stereocenters. The third-order valence-electron chi connectivity index (χ3n) is 4.17. The Hall–Kier alpha value is -3.47. The van der Waals surface area contributed by atoms with E-state index < -0.39 is 0 Å². The van der Waals surface area contributed by atoms with Gasteiger partial charge in [-0.1, -0.05) is 24.3 Å². The number of para-hydroxylation sites is 1. The van der Waals surface area contributed by atoms with Crippen molar-refractivity contribution in [2.24, 2.45) is 4.99 Å². The minimum Gasteiger partial charge on any atom is -0.463 e. The lowest BCUT2D eigenvalue weighted by Gasteiger charge is -2.11. The third kappa shape index (κ3) is 3.31. The fraction of sp³-hybridized carbons (Fsp3) is 0.136. The van der Waals surface area contributed by atoms with Crippen LogP contribution in [0.3, 0.4) is 0 Å². The molecule has 0 fully saturated rings. The second kappa shape index (κ2) is 7.03. The molecule has 1 aromatic carbocycles. The van der Waals surface area contributed by atoms with Crippen molar-refractivity contribution in [1.29, 1.82) is 0 Å². The van der Waals surface area contributed by atoms with Crippen LogP contribution in [0.5, 0.6) is 0 Å². The van der Waals surface area contributed by atoms with Crippen molar-refractivity contribution in [3.8, 4) is 11.5 Å². The summed E-state index contributed by atoms with van der Waals surface area (Å²) in [6, 6.07) is 18.7. The molecule has 0 amide bonds. The molecule has 0 atom stereocenters. The Morgan fingerprint density at radius 1 is 1.07 bits per heavy atom. The highest BCUT2D eigenvalue weighted by molar-refractivity contribution is 6.08. The predicted octanol–water partition coefficient (Wildman–Crippen LogP) is 4.29. The molecule has 0 N–H and O–H groups in total. The Bertz CT molecular complexity index is 1170. The molecule has 27 heavy (non-hydrogen) atoms. The Balaban J connectivity index is 1.95. The summed E-state index contributed by atoms with van der Waals surface area (Å²) in [6.45, 7) is 3.97. The van der Waals surface area contributed by atoms with E-state index in [9.17, 15) is 4.79 Å². The number of furan rings is 1. The fourth-order valence-corrected chi connectivity index (χ4v) is 3.01. The van der Waals surface area contributed by atoms with Crippen LogP contribution < -0.4 is 5.49 Å². The van der Waals surface area contributed by atoms with Gasteiger partial charge in [-0.05, 0) is 50.2 Å². The summed E-state index contributed by atoms with van der Waals surface area (Å²) in [4.78, 5) is 22.6. The minimum absolute atomic E-state index is 0.0827. The monoisotopic (exact) mass is 357 g/mol. The van der Waals surface area contributed by atoms with Crippen LogP contribution in [0, 0.1) is 0 Å². The number of carbonyl (C=O) groups excluding carboxylic acids is 1. The number of carbonyl (C=O) groups is 1. The molecule has 3 heterocycles. The molecule has 5 heteroatoms. The van der Waals surface area contributed by atoms with E-state index >= 15 is 0 Å². The molecule has 134 valence electrons. The highest BCUT2D eigenvalue weighted by atomic mass is 16.3. The Morgan fingerprint density at radius 2 is 1.89 bits per heavy atom.